The van der Waals surface area contributed by atoms with Crippen LogP contribution >= 0.6 is 11.3 Å². The molecule has 1 atom stereocenters. The van der Waals surface area contributed by atoms with E-state index in [1.165, 1.54) is 4.88 Å². The summed E-state index contributed by atoms with van der Waals surface area (Å²) in [5.41, 5.74) is 1.06. The Morgan fingerprint density at radius 1 is 1.44 bits per heavy atom. The molecule has 0 amide bonds. The molecule has 0 aromatic carbocycles. The van der Waals surface area contributed by atoms with E-state index in [9.17, 15) is 0 Å². The summed E-state index contributed by atoms with van der Waals surface area (Å²) in [5.74, 6) is 1.56. The van der Waals surface area contributed by atoms with Crippen molar-refractivity contribution in [3.8, 4) is 0 Å². The molecule has 1 unspecified atom stereocenters. The Balaban J connectivity index is 2.15. The van der Waals surface area contributed by atoms with Crippen molar-refractivity contribution in [1.82, 2.24) is 9.97 Å². The molecule has 2 aromatic rings. The summed E-state index contributed by atoms with van der Waals surface area (Å²) >= 11 is 1.75. The van der Waals surface area contributed by atoms with Crippen molar-refractivity contribution >= 4 is 23.1 Å². The maximum absolute atomic E-state index is 4.48. The summed E-state index contributed by atoms with van der Waals surface area (Å²) < 4.78 is 0. The summed E-state index contributed by atoms with van der Waals surface area (Å²) in [4.78, 5) is 10.0. The molecule has 0 bridgehead atoms. The third-order valence-electron chi connectivity index (χ3n) is 2.63. The number of rotatable bonds is 5. The summed E-state index contributed by atoms with van der Waals surface area (Å²) in [6.07, 6.45) is 1.84. The first-order valence-corrected chi connectivity index (χ1v) is 6.96. The third kappa shape index (κ3) is 2.98. The summed E-state index contributed by atoms with van der Waals surface area (Å²) in [7, 11) is 0. The first kappa shape index (κ1) is 12.8. The zero-order valence-electron chi connectivity index (χ0n) is 10.9. The Kier molecular flexibility index (Phi) is 4.15. The molecule has 2 heterocycles. The first-order valence-electron chi connectivity index (χ1n) is 6.08. The Morgan fingerprint density at radius 3 is 2.94 bits per heavy atom. The van der Waals surface area contributed by atoms with Crippen LogP contribution < -0.4 is 10.6 Å². The molecule has 5 heteroatoms. The molecule has 0 saturated heterocycles. The van der Waals surface area contributed by atoms with Crippen molar-refractivity contribution in [2.75, 3.05) is 17.2 Å². The molecule has 0 aliphatic rings. The second-order valence-electron chi connectivity index (χ2n) is 4.14. The number of anilines is 2. The maximum Gasteiger partial charge on any atom is 0.224 e. The van der Waals surface area contributed by atoms with Crippen molar-refractivity contribution in [3.63, 3.8) is 0 Å². The van der Waals surface area contributed by atoms with Crippen LogP contribution in [0.3, 0.4) is 0 Å². The summed E-state index contributed by atoms with van der Waals surface area (Å²) in [6, 6.07) is 4.45. The quantitative estimate of drug-likeness (QED) is 0.866. The highest BCUT2D eigenvalue weighted by molar-refractivity contribution is 7.10. The summed E-state index contributed by atoms with van der Waals surface area (Å²) in [6.45, 7) is 7.01. The van der Waals surface area contributed by atoms with Crippen LogP contribution in [-0.4, -0.2) is 16.5 Å². The number of nitrogens with one attached hydrogen (secondary N) is 2. The topological polar surface area (TPSA) is 49.8 Å². The van der Waals surface area contributed by atoms with Crippen LogP contribution in [0.15, 0.2) is 23.7 Å². The highest BCUT2D eigenvalue weighted by atomic mass is 32.1. The maximum atomic E-state index is 4.48. The molecule has 0 radical (unpaired) electrons. The van der Waals surface area contributed by atoms with Gasteiger partial charge in [0.05, 0.1) is 6.04 Å². The number of nitrogens with zero attached hydrogens (tertiary/aromatic N) is 2. The van der Waals surface area contributed by atoms with Crippen LogP contribution in [0.25, 0.3) is 0 Å². The van der Waals surface area contributed by atoms with Gasteiger partial charge in [0.2, 0.25) is 5.95 Å². The van der Waals surface area contributed by atoms with Gasteiger partial charge in [0, 0.05) is 23.2 Å². The predicted octanol–water partition coefficient (Wildman–Crippen LogP) is 3.45. The zero-order valence-corrected chi connectivity index (χ0v) is 11.7. The van der Waals surface area contributed by atoms with Gasteiger partial charge in [0.1, 0.15) is 5.82 Å². The largest absolute Gasteiger partial charge is 0.362 e. The molecular weight excluding hydrogens is 244 g/mol. The van der Waals surface area contributed by atoms with Gasteiger partial charge in [0.25, 0.3) is 0 Å². The second kappa shape index (κ2) is 5.82. The molecule has 2 rings (SSSR count). The molecule has 96 valence electrons. The normalized spacial score (nSPS) is 12.2. The monoisotopic (exact) mass is 262 g/mol. The van der Waals surface area contributed by atoms with Gasteiger partial charge in [0.15, 0.2) is 0 Å². The molecular formula is C13H18N4S. The third-order valence-corrected chi connectivity index (χ3v) is 3.68. The fourth-order valence-corrected chi connectivity index (χ4v) is 2.38. The van der Waals surface area contributed by atoms with Gasteiger partial charge in [-0.05, 0) is 32.2 Å². The minimum absolute atomic E-state index is 0.257. The van der Waals surface area contributed by atoms with E-state index >= 15 is 0 Å². The van der Waals surface area contributed by atoms with E-state index < -0.39 is 0 Å². The molecule has 0 aliphatic carbocycles. The zero-order chi connectivity index (χ0) is 13.0. The number of hydrogen-bond donors (Lipinski definition) is 2. The van der Waals surface area contributed by atoms with Crippen LogP contribution in [-0.2, 0) is 0 Å². The lowest BCUT2D eigenvalue weighted by atomic mass is 10.2. The smallest absolute Gasteiger partial charge is 0.224 e. The Morgan fingerprint density at radius 2 is 2.28 bits per heavy atom. The first-order chi connectivity index (χ1) is 8.70. The van der Waals surface area contributed by atoms with Crippen LogP contribution in [0, 0.1) is 6.92 Å². The minimum Gasteiger partial charge on any atom is -0.362 e. The van der Waals surface area contributed by atoms with E-state index in [0.717, 1.165) is 17.9 Å². The van der Waals surface area contributed by atoms with Crippen molar-refractivity contribution in [3.05, 3.63) is 34.2 Å². The second-order valence-corrected chi connectivity index (χ2v) is 5.12. The number of hydrogen-bond acceptors (Lipinski definition) is 5. The lowest BCUT2D eigenvalue weighted by Crippen LogP contribution is -2.10. The number of aromatic nitrogens is 2. The van der Waals surface area contributed by atoms with Crippen LogP contribution in [0.2, 0.25) is 0 Å². The molecule has 2 aromatic heterocycles. The van der Waals surface area contributed by atoms with E-state index in [1.807, 2.05) is 20.0 Å². The van der Waals surface area contributed by atoms with E-state index in [0.29, 0.717) is 5.95 Å². The highest BCUT2D eigenvalue weighted by Gasteiger charge is 2.09. The van der Waals surface area contributed by atoms with E-state index in [4.69, 9.17) is 0 Å². The average Bonchev–Trinajstić information content (AvgIpc) is 2.87. The van der Waals surface area contributed by atoms with Gasteiger partial charge in [-0.1, -0.05) is 6.07 Å². The fraction of sp³-hybridized carbons (Fsp3) is 0.385. The van der Waals surface area contributed by atoms with E-state index in [1.54, 1.807) is 11.3 Å². The fourth-order valence-electron chi connectivity index (χ4n) is 1.65. The lowest BCUT2D eigenvalue weighted by Gasteiger charge is -2.15. The van der Waals surface area contributed by atoms with Crippen molar-refractivity contribution in [2.24, 2.45) is 0 Å². The van der Waals surface area contributed by atoms with E-state index in [2.05, 4.69) is 45.0 Å². The van der Waals surface area contributed by atoms with Gasteiger partial charge < -0.3 is 10.6 Å². The van der Waals surface area contributed by atoms with Crippen LogP contribution in [0.5, 0.6) is 0 Å². The molecule has 0 aliphatic heterocycles. The minimum atomic E-state index is 0.257. The molecule has 4 nitrogen and oxygen atoms in total. The van der Waals surface area contributed by atoms with Gasteiger partial charge in [-0.15, -0.1) is 11.3 Å². The molecule has 0 saturated carbocycles. The standard InChI is InChI=1S/C13H18N4S/c1-4-14-13-15-8-9(2)12(17-13)16-10(3)11-6-5-7-18-11/h5-8,10H,4H2,1-3H3,(H2,14,15,16,17). The number of aryl methyl sites for hydroxylation is 1. The predicted molar refractivity (Wildman–Crippen MR) is 77.3 cm³/mol. The van der Waals surface area contributed by atoms with Crippen molar-refractivity contribution in [2.45, 2.75) is 26.8 Å². The molecule has 2 N–H and O–H groups in total. The van der Waals surface area contributed by atoms with Crippen LogP contribution in [0.4, 0.5) is 11.8 Å². The number of thiophene rings is 1. The van der Waals surface area contributed by atoms with Crippen LogP contribution in [0.1, 0.15) is 30.3 Å². The highest BCUT2D eigenvalue weighted by Crippen LogP contribution is 2.23. The van der Waals surface area contributed by atoms with Gasteiger partial charge in [-0.25, -0.2) is 4.98 Å². The lowest BCUT2D eigenvalue weighted by molar-refractivity contribution is 0.888. The van der Waals surface area contributed by atoms with Gasteiger partial charge >= 0.3 is 0 Å². The van der Waals surface area contributed by atoms with Crippen molar-refractivity contribution < 1.29 is 0 Å². The SMILES string of the molecule is CCNc1ncc(C)c(NC(C)c2cccs2)n1. The molecule has 18 heavy (non-hydrogen) atoms. The van der Waals surface area contributed by atoms with Crippen molar-refractivity contribution in [1.29, 1.82) is 0 Å². The van der Waals surface area contributed by atoms with Gasteiger partial charge in [-0.2, -0.15) is 4.98 Å². The molecule has 0 fully saturated rings. The average molecular weight is 262 g/mol. The Hall–Kier alpha value is -1.62. The Bertz CT molecular complexity index is 496. The Labute approximate surface area is 111 Å². The van der Waals surface area contributed by atoms with Gasteiger partial charge in [-0.3, -0.25) is 0 Å². The molecule has 0 spiro atoms. The van der Waals surface area contributed by atoms with E-state index in [-0.39, 0.29) is 6.04 Å². The summed E-state index contributed by atoms with van der Waals surface area (Å²) in [5, 5.41) is 8.64.